The number of carbonyl (C=O) groups excluding carboxylic acids is 1. The predicted molar refractivity (Wildman–Crippen MR) is 101 cm³/mol. The highest BCUT2D eigenvalue weighted by Crippen LogP contribution is 2.25. The quantitative estimate of drug-likeness (QED) is 0.495. The fraction of sp³-hybridized carbons (Fsp3) is 0.476. The van der Waals surface area contributed by atoms with Gasteiger partial charge >= 0.3 is 5.97 Å². The van der Waals surface area contributed by atoms with E-state index in [4.69, 9.17) is 4.74 Å². The van der Waals surface area contributed by atoms with Crippen LogP contribution in [0.25, 0.3) is 10.8 Å². The summed E-state index contributed by atoms with van der Waals surface area (Å²) in [7, 11) is 0. The molecule has 0 radical (unpaired) electrons. The summed E-state index contributed by atoms with van der Waals surface area (Å²) in [4.78, 5) is 12.5. The molecule has 0 aromatic heterocycles. The average Bonchev–Trinajstić information content (AvgIpc) is 2.58. The Balaban J connectivity index is 2.11. The van der Waals surface area contributed by atoms with Crippen molar-refractivity contribution in [2.75, 3.05) is 11.9 Å². The largest absolute Gasteiger partial charge is 0.464 e. The van der Waals surface area contributed by atoms with Gasteiger partial charge in [-0.3, -0.25) is 0 Å². The maximum absolute atomic E-state index is 12.5. The molecule has 2 rings (SSSR count). The second kappa shape index (κ2) is 9.31. The molecule has 2 aromatic carbocycles. The van der Waals surface area contributed by atoms with Crippen molar-refractivity contribution < 1.29 is 9.53 Å². The van der Waals surface area contributed by atoms with Crippen LogP contribution in [-0.2, 0) is 9.53 Å². The molecule has 130 valence electrons. The lowest BCUT2D eigenvalue weighted by atomic mass is 10.0. The molecule has 0 aliphatic rings. The van der Waals surface area contributed by atoms with Crippen LogP contribution in [0.15, 0.2) is 42.5 Å². The number of benzene rings is 2. The maximum Gasteiger partial charge on any atom is 0.328 e. The van der Waals surface area contributed by atoms with Crippen LogP contribution >= 0.6 is 0 Å². The van der Waals surface area contributed by atoms with E-state index in [1.165, 1.54) is 5.39 Å². The zero-order valence-corrected chi connectivity index (χ0v) is 15.0. The zero-order valence-electron chi connectivity index (χ0n) is 15.0. The van der Waals surface area contributed by atoms with Crippen molar-refractivity contribution in [1.82, 2.24) is 0 Å². The molecule has 0 aliphatic heterocycles. The number of unbranched alkanes of at least 4 members (excludes halogenated alkanes) is 2. The fourth-order valence-corrected chi connectivity index (χ4v) is 2.85. The van der Waals surface area contributed by atoms with Gasteiger partial charge in [0.2, 0.25) is 0 Å². The third kappa shape index (κ3) is 5.26. The van der Waals surface area contributed by atoms with Crippen molar-refractivity contribution >= 4 is 22.4 Å². The van der Waals surface area contributed by atoms with E-state index in [1.807, 2.05) is 24.3 Å². The van der Waals surface area contributed by atoms with E-state index in [0.29, 0.717) is 12.5 Å². The van der Waals surface area contributed by atoms with Crippen molar-refractivity contribution in [3.05, 3.63) is 42.5 Å². The molecule has 0 amide bonds. The van der Waals surface area contributed by atoms with Crippen molar-refractivity contribution in [1.29, 1.82) is 0 Å². The average molecular weight is 327 g/mol. The van der Waals surface area contributed by atoms with Crippen molar-refractivity contribution in [2.24, 2.45) is 5.92 Å². The SMILES string of the molecule is CCCCCOC(=O)[C@H](CC(C)C)Nc1cccc2ccccc12. The van der Waals surface area contributed by atoms with E-state index < -0.39 is 0 Å². The molecular weight excluding hydrogens is 298 g/mol. The van der Waals surface area contributed by atoms with Gasteiger partial charge < -0.3 is 10.1 Å². The molecule has 24 heavy (non-hydrogen) atoms. The smallest absolute Gasteiger partial charge is 0.328 e. The Kier molecular flexibility index (Phi) is 7.10. The molecule has 3 heteroatoms. The number of esters is 1. The number of ether oxygens (including phenoxy) is 1. The van der Waals surface area contributed by atoms with Crippen molar-refractivity contribution in [2.45, 2.75) is 52.5 Å². The normalized spacial score (nSPS) is 12.3. The van der Waals surface area contributed by atoms with E-state index in [0.717, 1.165) is 36.8 Å². The van der Waals surface area contributed by atoms with Crippen LogP contribution in [-0.4, -0.2) is 18.6 Å². The number of rotatable bonds is 9. The first kappa shape index (κ1) is 18.3. The van der Waals surface area contributed by atoms with Crippen LogP contribution in [0.4, 0.5) is 5.69 Å². The standard InChI is InChI=1S/C21H29NO2/c1-4-5-8-14-24-21(23)20(15-16(2)3)22-19-13-9-11-17-10-6-7-12-18(17)19/h6-7,9-13,16,20,22H,4-5,8,14-15H2,1-3H3/t20-/m0/s1. The van der Waals surface area contributed by atoms with Gasteiger partial charge in [-0.15, -0.1) is 0 Å². The van der Waals surface area contributed by atoms with Crippen LogP contribution in [0.5, 0.6) is 0 Å². The Hall–Kier alpha value is -2.03. The molecular formula is C21H29NO2. The first-order chi connectivity index (χ1) is 11.6. The molecule has 0 fully saturated rings. The third-order valence-electron chi connectivity index (χ3n) is 4.10. The summed E-state index contributed by atoms with van der Waals surface area (Å²) < 4.78 is 5.49. The lowest BCUT2D eigenvalue weighted by Crippen LogP contribution is -2.33. The summed E-state index contributed by atoms with van der Waals surface area (Å²) in [6.45, 7) is 6.91. The maximum atomic E-state index is 12.5. The minimum absolute atomic E-state index is 0.146. The van der Waals surface area contributed by atoms with Gasteiger partial charge in [0.05, 0.1) is 6.61 Å². The van der Waals surface area contributed by atoms with E-state index in [1.54, 1.807) is 0 Å². The molecule has 0 bridgehead atoms. The van der Waals surface area contributed by atoms with E-state index >= 15 is 0 Å². The van der Waals surface area contributed by atoms with Crippen LogP contribution in [0.1, 0.15) is 46.5 Å². The number of fused-ring (bicyclic) bond motifs is 1. The number of anilines is 1. The fourth-order valence-electron chi connectivity index (χ4n) is 2.85. The molecule has 1 N–H and O–H groups in total. The third-order valence-corrected chi connectivity index (χ3v) is 4.10. The van der Waals surface area contributed by atoms with E-state index in [9.17, 15) is 4.79 Å². The van der Waals surface area contributed by atoms with Crippen molar-refractivity contribution in [3.8, 4) is 0 Å². The molecule has 0 saturated carbocycles. The summed E-state index contributed by atoms with van der Waals surface area (Å²) in [6, 6.07) is 14.0. The summed E-state index contributed by atoms with van der Waals surface area (Å²) in [5, 5.41) is 5.72. The van der Waals surface area contributed by atoms with E-state index in [-0.39, 0.29) is 12.0 Å². The van der Waals surface area contributed by atoms with Gasteiger partial charge in [-0.25, -0.2) is 4.79 Å². The number of hydrogen-bond donors (Lipinski definition) is 1. The minimum Gasteiger partial charge on any atom is -0.464 e. The lowest BCUT2D eigenvalue weighted by Gasteiger charge is -2.21. The molecule has 0 unspecified atom stereocenters. The van der Waals surface area contributed by atoms with Gasteiger partial charge in [-0.1, -0.05) is 70.0 Å². The number of carbonyl (C=O) groups is 1. The van der Waals surface area contributed by atoms with Crippen molar-refractivity contribution in [3.63, 3.8) is 0 Å². The Bertz CT molecular complexity index is 646. The first-order valence-corrected chi connectivity index (χ1v) is 9.02. The number of hydrogen-bond acceptors (Lipinski definition) is 3. The number of nitrogens with one attached hydrogen (secondary N) is 1. The van der Waals surface area contributed by atoms with Gasteiger partial charge in [0, 0.05) is 11.1 Å². The highest BCUT2D eigenvalue weighted by Gasteiger charge is 2.21. The van der Waals surface area contributed by atoms with Gasteiger partial charge in [0.1, 0.15) is 6.04 Å². The van der Waals surface area contributed by atoms with Gasteiger partial charge in [-0.2, -0.15) is 0 Å². The first-order valence-electron chi connectivity index (χ1n) is 9.02. The molecule has 1 atom stereocenters. The van der Waals surface area contributed by atoms with Gasteiger partial charge in [-0.05, 0) is 30.2 Å². The summed E-state index contributed by atoms with van der Waals surface area (Å²) >= 11 is 0. The van der Waals surface area contributed by atoms with E-state index in [2.05, 4.69) is 44.3 Å². The monoisotopic (exact) mass is 327 g/mol. The summed E-state index contributed by atoms with van der Waals surface area (Å²) in [6.07, 6.45) is 3.92. The zero-order chi connectivity index (χ0) is 17.4. The minimum atomic E-state index is -0.308. The second-order valence-corrected chi connectivity index (χ2v) is 6.73. The molecule has 3 nitrogen and oxygen atoms in total. The predicted octanol–water partition coefficient (Wildman–Crippen LogP) is 5.40. The molecule has 2 aromatic rings. The molecule has 0 spiro atoms. The Morgan fingerprint density at radius 1 is 1.08 bits per heavy atom. The molecule has 0 heterocycles. The topological polar surface area (TPSA) is 38.3 Å². The Morgan fingerprint density at radius 2 is 1.83 bits per heavy atom. The highest BCUT2D eigenvalue weighted by molar-refractivity contribution is 5.95. The lowest BCUT2D eigenvalue weighted by molar-refractivity contribution is -0.145. The second-order valence-electron chi connectivity index (χ2n) is 6.73. The molecule has 0 saturated heterocycles. The van der Waals surface area contributed by atoms with Crippen LogP contribution in [0.2, 0.25) is 0 Å². The Labute approximate surface area is 145 Å². The van der Waals surface area contributed by atoms with Gasteiger partial charge in [0.25, 0.3) is 0 Å². The van der Waals surface area contributed by atoms with Crippen LogP contribution in [0.3, 0.4) is 0 Å². The summed E-state index contributed by atoms with van der Waals surface area (Å²) in [5.41, 5.74) is 0.990. The van der Waals surface area contributed by atoms with Crippen LogP contribution < -0.4 is 5.32 Å². The Morgan fingerprint density at radius 3 is 2.58 bits per heavy atom. The molecule has 0 aliphatic carbocycles. The summed E-state index contributed by atoms with van der Waals surface area (Å²) in [5.74, 6) is 0.272. The highest BCUT2D eigenvalue weighted by atomic mass is 16.5. The van der Waals surface area contributed by atoms with Gasteiger partial charge in [0.15, 0.2) is 0 Å². The van der Waals surface area contributed by atoms with Crippen LogP contribution in [0, 0.1) is 5.92 Å².